The van der Waals surface area contributed by atoms with Crippen LogP contribution >= 0.6 is 0 Å². The Kier molecular flexibility index (Phi) is 5.85. The zero-order valence-electron chi connectivity index (χ0n) is 17.6. The van der Waals surface area contributed by atoms with Crippen molar-refractivity contribution in [2.24, 2.45) is 4.99 Å². The molecule has 2 aromatic rings. The fourth-order valence-electron chi connectivity index (χ4n) is 4.66. The van der Waals surface area contributed by atoms with Gasteiger partial charge in [0.25, 0.3) is 0 Å². The van der Waals surface area contributed by atoms with Crippen molar-refractivity contribution in [1.82, 2.24) is 15.5 Å². The number of rotatable bonds is 6. The smallest absolute Gasteiger partial charge is 0.248 e. The average molecular weight is 398 g/mol. The number of hydrogen-bond donors (Lipinski definition) is 1. The first-order chi connectivity index (χ1) is 14.2. The minimum atomic E-state index is -0.178. The number of benzene rings is 1. The van der Waals surface area contributed by atoms with Crippen LogP contribution in [0, 0.1) is 0 Å². The van der Waals surface area contributed by atoms with Crippen LogP contribution in [-0.4, -0.2) is 35.8 Å². The van der Waals surface area contributed by atoms with Gasteiger partial charge in [0.2, 0.25) is 5.89 Å². The van der Waals surface area contributed by atoms with Crippen LogP contribution in [0.1, 0.15) is 69.8 Å². The molecular formula is C22H31N5O2. The Morgan fingerprint density at radius 1 is 1.31 bits per heavy atom. The van der Waals surface area contributed by atoms with E-state index in [1.165, 1.54) is 36.9 Å². The lowest BCUT2D eigenvalue weighted by Crippen LogP contribution is -2.43. The summed E-state index contributed by atoms with van der Waals surface area (Å²) in [7, 11) is 0. The van der Waals surface area contributed by atoms with Gasteiger partial charge in [-0.3, -0.25) is 0 Å². The maximum absolute atomic E-state index is 5.54. The van der Waals surface area contributed by atoms with Gasteiger partial charge in [0, 0.05) is 30.8 Å². The molecule has 7 nitrogen and oxygen atoms in total. The molecule has 1 unspecified atom stereocenters. The summed E-state index contributed by atoms with van der Waals surface area (Å²) in [5.74, 6) is 1.95. The Hall–Kier alpha value is -2.41. The van der Waals surface area contributed by atoms with Crippen LogP contribution in [0.5, 0.6) is 0 Å². The molecule has 1 atom stereocenters. The number of nitrogens with zero attached hydrogens (tertiary/aromatic N) is 4. The number of anilines is 1. The highest BCUT2D eigenvalue weighted by atomic mass is 16.5. The lowest BCUT2D eigenvalue weighted by atomic mass is 9.81. The van der Waals surface area contributed by atoms with E-state index in [9.17, 15) is 0 Å². The number of nitrogens with one attached hydrogen (secondary N) is 1. The molecule has 1 aliphatic heterocycles. The van der Waals surface area contributed by atoms with Gasteiger partial charge in [0.1, 0.15) is 12.6 Å². The summed E-state index contributed by atoms with van der Waals surface area (Å²) in [5, 5.41) is 7.49. The van der Waals surface area contributed by atoms with Gasteiger partial charge in [-0.25, -0.2) is 4.99 Å². The van der Waals surface area contributed by atoms with Crippen LogP contribution in [0.15, 0.2) is 33.8 Å². The maximum Gasteiger partial charge on any atom is 0.248 e. The van der Waals surface area contributed by atoms with E-state index in [0.29, 0.717) is 24.9 Å². The third-order valence-corrected chi connectivity index (χ3v) is 6.01. The Labute approximate surface area is 172 Å². The van der Waals surface area contributed by atoms with Gasteiger partial charge in [-0.15, -0.1) is 0 Å². The van der Waals surface area contributed by atoms with Gasteiger partial charge in [0.05, 0.1) is 0 Å². The highest BCUT2D eigenvalue weighted by Crippen LogP contribution is 2.50. The molecule has 0 saturated heterocycles. The van der Waals surface area contributed by atoms with E-state index < -0.39 is 0 Å². The van der Waals surface area contributed by atoms with E-state index in [1.807, 2.05) is 13.8 Å². The molecule has 1 spiro atoms. The van der Waals surface area contributed by atoms with Crippen LogP contribution in [-0.2, 0) is 16.7 Å². The minimum absolute atomic E-state index is 0.178. The number of fused-ring (bicyclic) bond motifs is 2. The molecule has 0 bridgehead atoms. The zero-order chi connectivity index (χ0) is 20.3. The monoisotopic (exact) mass is 397 g/mol. The third-order valence-electron chi connectivity index (χ3n) is 6.01. The Balaban J connectivity index is 1.56. The van der Waals surface area contributed by atoms with Gasteiger partial charge >= 0.3 is 0 Å². The quantitative estimate of drug-likeness (QED) is 0.587. The van der Waals surface area contributed by atoms with Gasteiger partial charge in [-0.1, -0.05) is 36.2 Å². The lowest BCUT2D eigenvalue weighted by Gasteiger charge is -2.26. The fraction of sp³-hybridized carbons (Fsp3) is 0.591. The minimum Gasteiger partial charge on any atom is -0.371 e. The van der Waals surface area contributed by atoms with Gasteiger partial charge in [-0.2, -0.15) is 4.98 Å². The summed E-state index contributed by atoms with van der Waals surface area (Å²) in [6.45, 7) is 8.72. The summed E-state index contributed by atoms with van der Waals surface area (Å²) >= 11 is 0. The lowest BCUT2D eigenvalue weighted by molar-refractivity contribution is 0.0683. The molecule has 1 aromatic heterocycles. The molecule has 2 aliphatic rings. The SMILES string of the molecule is CCNC(=NCc1nc(C(C)OCC)no1)N1CC2(CCCC2)c2ccccc21. The molecule has 29 heavy (non-hydrogen) atoms. The molecule has 0 radical (unpaired) electrons. The molecule has 7 heteroatoms. The highest BCUT2D eigenvalue weighted by molar-refractivity contribution is 5.98. The van der Waals surface area contributed by atoms with E-state index >= 15 is 0 Å². The van der Waals surface area contributed by atoms with Gasteiger partial charge < -0.3 is 19.5 Å². The van der Waals surface area contributed by atoms with Crippen molar-refractivity contribution < 1.29 is 9.26 Å². The second-order valence-electron chi connectivity index (χ2n) is 7.90. The third kappa shape index (κ3) is 3.88. The molecule has 1 aromatic carbocycles. The van der Waals surface area contributed by atoms with Crippen LogP contribution in [0.25, 0.3) is 0 Å². The maximum atomic E-state index is 5.54. The summed E-state index contributed by atoms with van der Waals surface area (Å²) in [5.41, 5.74) is 3.00. The molecule has 2 heterocycles. The second kappa shape index (κ2) is 8.53. The topological polar surface area (TPSA) is 75.8 Å². The number of ether oxygens (including phenoxy) is 1. The first-order valence-corrected chi connectivity index (χ1v) is 10.8. The van der Waals surface area contributed by atoms with Crippen molar-refractivity contribution in [3.8, 4) is 0 Å². The summed E-state index contributed by atoms with van der Waals surface area (Å²) in [6, 6.07) is 8.78. The zero-order valence-corrected chi connectivity index (χ0v) is 17.6. The van der Waals surface area contributed by atoms with E-state index in [2.05, 4.69) is 51.5 Å². The average Bonchev–Trinajstić information content (AvgIpc) is 3.46. The first kappa shape index (κ1) is 19.9. The van der Waals surface area contributed by atoms with Crippen molar-refractivity contribution in [2.45, 2.75) is 64.5 Å². The summed E-state index contributed by atoms with van der Waals surface area (Å²) < 4.78 is 10.9. The predicted molar refractivity (Wildman–Crippen MR) is 113 cm³/mol. The first-order valence-electron chi connectivity index (χ1n) is 10.8. The molecule has 1 N–H and O–H groups in total. The molecule has 1 fully saturated rings. The molecule has 4 rings (SSSR count). The molecule has 0 amide bonds. The van der Waals surface area contributed by atoms with Gasteiger partial charge in [0.15, 0.2) is 11.8 Å². The van der Waals surface area contributed by atoms with Gasteiger partial charge in [-0.05, 0) is 45.2 Å². The number of para-hydroxylation sites is 1. The standard InChI is InChI=1S/C22H31N5O2/c1-4-23-21(24-14-19-25-20(26-29-19)16(3)28-5-2)27-15-22(12-8-9-13-22)17-10-6-7-11-18(17)27/h6-7,10-11,16H,4-5,8-9,12-15H2,1-3H3,(H,23,24). The number of aromatic nitrogens is 2. The van der Waals surface area contributed by atoms with Crippen LogP contribution < -0.4 is 10.2 Å². The Bertz CT molecular complexity index is 856. The van der Waals surface area contributed by atoms with Crippen molar-refractivity contribution in [1.29, 1.82) is 0 Å². The Morgan fingerprint density at radius 2 is 2.10 bits per heavy atom. The molecule has 1 saturated carbocycles. The van der Waals surface area contributed by atoms with E-state index in [1.54, 1.807) is 0 Å². The van der Waals surface area contributed by atoms with Crippen molar-refractivity contribution in [2.75, 3.05) is 24.6 Å². The van der Waals surface area contributed by atoms with E-state index in [4.69, 9.17) is 14.3 Å². The second-order valence-corrected chi connectivity index (χ2v) is 7.90. The normalized spacial score (nSPS) is 19.0. The van der Waals surface area contributed by atoms with Crippen LogP contribution in [0.3, 0.4) is 0 Å². The van der Waals surface area contributed by atoms with Crippen molar-refractivity contribution >= 4 is 11.6 Å². The largest absolute Gasteiger partial charge is 0.371 e. The summed E-state index contributed by atoms with van der Waals surface area (Å²) in [4.78, 5) is 11.6. The number of guanidine groups is 1. The van der Waals surface area contributed by atoms with E-state index in [0.717, 1.165) is 19.0 Å². The van der Waals surface area contributed by atoms with E-state index in [-0.39, 0.29) is 11.5 Å². The number of hydrogen-bond acceptors (Lipinski definition) is 5. The molecule has 1 aliphatic carbocycles. The van der Waals surface area contributed by atoms with Crippen LogP contribution in [0.4, 0.5) is 5.69 Å². The number of aliphatic imine (C=N–C) groups is 1. The fourth-order valence-corrected chi connectivity index (χ4v) is 4.66. The summed E-state index contributed by atoms with van der Waals surface area (Å²) in [6.07, 6.45) is 4.93. The van der Waals surface area contributed by atoms with Crippen molar-refractivity contribution in [3.05, 3.63) is 41.5 Å². The Morgan fingerprint density at radius 3 is 2.86 bits per heavy atom. The van der Waals surface area contributed by atoms with Crippen LogP contribution in [0.2, 0.25) is 0 Å². The predicted octanol–water partition coefficient (Wildman–Crippen LogP) is 3.96. The highest BCUT2D eigenvalue weighted by Gasteiger charge is 2.45. The van der Waals surface area contributed by atoms with Crippen molar-refractivity contribution in [3.63, 3.8) is 0 Å². The molecular weight excluding hydrogens is 366 g/mol. The molecule has 156 valence electrons.